The third-order valence-corrected chi connectivity index (χ3v) is 5.26. The Morgan fingerprint density at radius 1 is 1.08 bits per heavy atom. The molecule has 0 saturated heterocycles. The molecule has 0 aliphatic carbocycles. The van der Waals surface area contributed by atoms with Crippen LogP contribution in [0.15, 0.2) is 62.3 Å². The van der Waals surface area contributed by atoms with Crippen molar-refractivity contribution in [2.45, 2.75) is 11.8 Å². The van der Waals surface area contributed by atoms with Gasteiger partial charge in [-0.25, -0.2) is 8.42 Å². The molecule has 24 heavy (non-hydrogen) atoms. The van der Waals surface area contributed by atoms with Gasteiger partial charge in [0.1, 0.15) is 5.58 Å². The Balaban J connectivity index is 1.79. The van der Waals surface area contributed by atoms with Crippen molar-refractivity contribution in [3.05, 3.63) is 64.3 Å². The van der Waals surface area contributed by atoms with Crippen molar-refractivity contribution in [3.63, 3.8) is 0 Å². The Hall–Kier alpha value is -2.16. The highest BCUT2D eigenvalue weighted by Crippen LogP contribution is 2.24. The number of hydrogen-bond acceptors (Lipinski definition) is 4. The number of furan rings is 1. The number of hydrogen-bond donors (Lipinski definition) is 2. The summed E-state index contributed by atoms with van der Waals surface area (Å²) in [5, 5.41) is 0.804. The Kier molecular flexibility index (Phi) is 4.44. The molecule has 0 radical (unpaired) electrons. The van der Waals surface area contributed by atoms with Crippen LogP contribution in [-0.4, -0.2) is 14.3 Å². The lowest BCUT2D eigenvalue weighted by Gasteiger charge is -2.07. The maximum atomic E-state index is 12.2. The van der Waals surface area contributed by atoms with Crippen molar-refractivity contribution in [1.82, 2.24) is 10.3 Å². The first-order chi connectivity index (χ1) is 11.4. The minimum Gasteiger partial charge on any atom is -0.451 e. The summed E-state index contributed by atoms with van der Waals surface area (Å²) in [5.74, 6) is -0.598. The summed E-state index contributed by atoms with van der Waals surface area (Å²) in [7, 11) is -3.87. The lowest BCUT2D eigenvalue weighted by molar-refractivity contribution is 0.0918. The predicted octanol–water partition coefficient (Wildman–Crippen LogP) is 3.13. The fraction of sp³-hybridized carbons (Fsp3) is 0.0625. The molecule has 0 saturated carbocycles. The molecule has 3 rings (SSSR count). The van der Waals surface area contributed by atoms with Gasteiger partial charge in [-0.15, -0.1) is 4.83 Å². The summed E-state index contributed by atoms with van der Waals surface area (Å²) in [4.78, 5) is 14.3. The van der Waals surface area contributed by atoms with Crippen LogP contribution in [0.5, 0.6) is 0 Å². The number of carbonyl (C=O) groups is 1. The van der Waals surface area contributed by atoms with Crippen LogP contribution in [0.4, 0.5) is 0 Å². The number of halogens is 1. The van der Waals surface area contributed by atoms with Crippen LogP contribution < -0.4 is 10.3 Å². The van der Waals surface area contributed by atoms with Crippen LogP contribution in [0.2, 0.25) is 0 Å². The number of rotatable bonds is 4. The van der Waals surface area contributed by atoms with Crippen molar-refractivity contribution in [1.29, 1.82) is 0 Å². The number of hydrazine groups is 1. The van der Waals surface area contributed by atoms with E-state index in [0.717, 1.165) is 9.86 Å². The molecule has 8 heteroatoms. The van der Waals surface area contributed by atoms with E-state index in [1.54, 1.807) is 31.2 Å². The molecule has 0 atom stereocenters. The standard InChI is InChI=1S/C16H13BrN2O4S/c1-10-13-4-2-3-5-14(13)23-15(10)16(20)18-19-24(21,22)12-8-6-11(17)7-9-12/h2-9,19H,1H3,(H,18,20). The van der Waals surface area contributed by atoms with Gasteiger partial charge < -0.3 is 4.42 Å². The van der Waals surface area contributed by atoms with E-state index in [4.69, 9.17) is 4.42 Å². The number of para-hydroxylation sites is 1. The first-order valence-electron chi connectivity index (χ1n) is 6.94. The van der Waals surface area contributed by atoms with Gasteiger partial charge in [0.05, 0.1) is 4.90 Å². The minimum atomic E-state index is -3.87. The lowest BCUT2D eigenvalue weighted by atomic mass is 10.1. The second kappa shape index (κ2) is 6.39. The van der Waals surface area contributed by atoms with Gasteiger partial charge in [-0.1, -0.05) is 34.1 Å². The molecule has 1 aromatic heterocycles. The van der Waals surface area contributed by atoms with E-state index >= 15 is 0 Å². The molecule has 0 bridgehead atoms. The Morgan fingerprint density at radius 2 is 1.75 bits per heavy atom. The number of carbonyl (C=O) groups excluding carboxylic acids is 1. The van der Waals surface area contributed by atoms with Gasteiger partial charge in [-0.05, 0) is 37.3 Å². The summed E-state index contributed by atoms with van der Waals surface area (Å²) < 4.78 is 30.6. The lowest BCUT2D eigenvalue weighted by Crippen LogP contribution is -2.41. The number of fused-ring (bicyclic) bond motifs is 1. The fourth-order valence-electron chi connectivity index (χ4n) is 2.23. The molecule has 6 nitrogen and oxygen atoms in total. The van der Waals surface area contributed by atoms with Gasteiger partial charge in [-0.3, -0.25) is 10.2 Å². The zero-order valence-electron chi connectivity index (χ0n) is 12.5. The average Bonchev–Trinajstić information content (AvgIpc) is 2.91. The van der Waals surface area contributed by atoms with Crippen LogP contribution in [0.1, 0.15) is 16.1 Å². The highest BCUT2D eigenvalue weighted by molar-refractivity contribution is 9.10. The van der Waals surface area contributed by atoms with E-state index in [1.807, 2.05) is 12.1 Å². The molecule has 0 aliphatic rings. The van der Waals surface area contributed by atoms with Gasteiger partial charge in [0.2, 0.25) is 0 Å². The van der Waals surface area contributed by atoms with Crippen LogP contribution in [-0.2, 0) is 10.0 Å². The molecule has 2 N–H and O–H groups in total. The predicted molar refractivity (Wildman–Crippen MR) is 92.9 cm³/mol. The van der Waals surface area contributed by atoms with Crippen molar-refractivity contribution in [2.75, 3.05) is 0 Å². The minimum absolute atomic E-state index is 0.0346. The van der Waals surface area contributed by atoms with Crippen molar-refractivity contribution in [3.8, 4) is 0 Å². The van der Waals surface area contributed by atoms with E-state index in [0.29, 0.717) is 11.1 Å². The number of amides is 1. The number of aryl methyl sites for hydroxylation is 1. The van der Waals surface area contributed by atoms with Crippen LogP contribution in [0.3, 0.4) is 0 Å². The summed E-state index contributed by atoms with van der Waals surface area (Å²) in [6.07, 6.45) is 0. The molecule has 1 amide bonds. The Labute approximate surface area is 147 Å². The molecule has 2 aromatic carbocycles. The van der Waals surface area contributed by atoms with Gasteiger partial charge in [0, 0.05) is 15.4 Å². The maximum Gasteiger partial charge on any atom is 0.302 e. The molecule has 124 valence electrons. The molecule has 1 heterocycles. The zero-order valence-corrected chi connectivity index (χ0v) is 14.9. The van der Waals surface area contributed by atoms with Crippen LogP contribution in [0, 0.1) is 6.92 Å². The zero-order chi connectivity index (χ0) is 17.3. The highest BCUT2D eigenvalue weighted by atomic mass is 79.9. The maximum absolute atomic E-state index is 12.2. The molecule has 0 aliphatic heterocycles. The fourth-order valence-corrected chi connectivity index (χ4v) is 3.34. The second-order valence-electron chi connectivity index (χ2n) is 5.07. The van der Waals surface area contributed by atoms with Crippen molar-refractivity contribution in [2.24, 2.45) is 0 Å². The molecule has 0 fully saturated rings. The highest BCUT2D eigenvalue weighted by Gasteiger charge is 2.20. The number of sulfonamides is 1. The molecule has 0 spiro atoms. The quantitative estimate of drug-likeness (QED) is 0.649. The Bertz CT molecular complexity index is 1010. The van der Waals surface area contributed by atoms with Crippen molar-refractivity contribution >= 4 is 42.8 Å². The van der Waals surface area contributed by atoms with E-state index < -0.39 is 15.9 Å². The van der Waals surface area contributed by atoms with Crippen LogP contribution in [0.25, 0.3) is 11.0 Å². The SMILES string of the molecule is Cc1c(C(=O)NNS(=O)(=O)c2ccc(Br)cc2)oc2ccccc12. The molecular weight excluding hydrogens is 396 g/mol. The summed E-state index contributed by atoms with van der Waals surface area (Å²) >= 11 is 3.23. The number of benzene rings is 2. The van der Waals surface area contributed by atoms with E-state index in [-0.39, 0.29) is 10.7 Å². The normalized spacial score (nSPS) is 11.6. The summed E-state index contributed by atoms with van der Waals surface area (Å²) in [5.41, 5.74) is 3.38. The molecule has 3 aromatic rings. The van der Waals surface area contributed by atoms with Gasteiger partial charge >= 0.3 is 5.91 Å². The molecular formula is C16H13BrN2O4S. The van der Waals surface area contributed by atoms with E-state index in [1.165, 1.54) is 12.1 Å². The topological polar surface area (TPSA) is 88.4 Å². The summed E-state index contributed by atoms with van der Waals surface area (Å²) in [6.45, 7) is 1.74. The number of nitrogens with one attached hydrogen (secondary N) is 2. The Morgan fingerprint density at radius 3 is 2.42 bits per heavy atom. The largest absolute Gasteiger partial charge is 0.451 e. The molecule has 0 unspecified atom stereocenters. The third-order valence-electron chi connectivity index (χ3n) is 3.47. The van der Waals surface area contributed by atoms with E-state index in [9.17, 15) is 13.2 Å². The monoisotopic (exact) mass is 408 g/mol. The van der Waals surface area contributed by atoms with Gasteiger partial charge in [0.15, 0.2) is 5.76 Å². The van der Waals surface area contributed by atoms with Crippen molar-refractivity contribution < 1.29 is 17.6 Å². The van der Waals surface area contributed by atoms with E-state index in [2.05, 4.69) is 26.2 Å². The van der Waals surface area contributed by atoms with Gasteiger partial charge in [0.25, 0.3) is 10.0 Å². The smallest absolute Gasteiger partial charge is 0.302 e. The third kappa shape index (κ3) is 3.21. The van der Waals surface area contributed by atoms with Crippen LogP contribution >= 0.6 is 15.9 Å². The van der Waals surface area contributed by atoms with Gasteiger partial charge in [-0.2, -0.15) is 0 Å². The first-order valence-corrected chi connectivity index (χ1v) is 9.22. The average molecular weight is 409 g/mol. The second-order valence-corrected chi connectivity index (χ2v) is 7.66. The first kappa shape index (κ1) is 16.7. The summed E-state index contributed by atoms with van der Waals surface area (Å²) in [6, 6.07) is 13.2.